The Hall–Kier alpha value is -1.14. The molecule has 0 spiro atoms. The van der Waals surface area contributed by atoms with Gasteiger partial charge < -0.3 is 19.9 Å². The lowest BCUT2D eigenvalue weighted by Crippen LogP contribution is -2.37. The first-order valence-corrected chi connectivity index (χ1v) is 5.11. The Kier molecular flexibility index (Phi) is 5.06. The number of thiocarbonyl (C=S) groups is 1. The molecule has 0 amide bonds. The lowest BCUT2D eigenvalue weighted by Gasteiger charge is -2.09. The van der Waals surface area contributed by atoms with Gasteiger partial charge in [-0.05, 0) is 12.2 Å². The predicted octanol–water partition coefficient (Wildman–Crippen LogP) is 0.0306. The van der Waals surface area contributed by atoms with Crippen molar-refractivity contribution in [3.8, 4) is 0 Å². The molecule has 1 heterocycles. The summed E-state index contributed by atoms with van der Waals surface area (Å²) in [6.07, 6.45) is 3.66. The number of ether oxygens (including phenoxy) is 1. The van der Waals surface area contributed by atoms with Crippen LogP contribution in [0.2, 0.25) is 0 Å². The first kappa shape index (κ1) is 11.9. The Balaban J connectivity index is 2.20. The average molecular weight is 228 g/mol. The van der Waals surface area contributed by atoms with E-state index in [0.717, 1.165) is 5.82 Å². The maximum Gasteiger partial charge on any atom is 0.166 e. The van der Waals surface area contributed by atoms with Crippen LogP contribution in [0.25, 0.3) is 0 Å². The number of aromatic nitrogens is 2. The van der Waals surface area contributed by atoms with Crippen molar-refractivity contribution in [1.82, 2.24) is 20.2 Å². The van der Waals surface area contributed by atoms with E-state index in [1.54, 1.807) is 13.3 Å². The van der Waals surface area contributed by atoms with Gasteiger partial charge in [0.2, 0.25) is 0 Å². The molecule has 0 saturated carbocycles. The first-order valence-electron chi connectivity index (χ1n) is 4.71. The average Bonchev–Trinajstić information content (AvgIpc) is 2.61. The number of aryl methyl sites for hydroxylation is 1. The number of nitrogens with zero attached hydrogens (tertiary/aromatic N) is 2. The molecule has 0 atom stereocenters. The van der Waals surface area contributed by atoms with E-state index in [0.29, 0.717) is 24.8 Å². The van der Waals surface area contributed by atoms with Gasteiger partial charge in [0, 0.05) is 33.1 Å². The van der Waals surface area contributed by atoms with Gasteiger partial charge in [-0.1, -0.05) is 0 Å². The molecule has 0 bridgehead atoms. The molecule has 1 aromatic heterocycles. The molecular formula is C9H16N4OS. The second-order valence-corrected chi connectivity index (χ2v) is 3.46. The van der Waals surface area contributed by atoms with Crippen LogP contribution in [0, 0.1) is 0 Å². The lowest BCUT2D eigenvalue weighted by atomic mass is 10.6. The van der Waals surface area contributed by atoms with E-state index in [9.17, 15) is 0 Å². The molecule has 6 heteroatoms. The van der Waals surface area contributed by atoms with Gasteiger partial charge in [0.25, 0.3) is 0 Å². The SMILES string of the molecule is COCCNC(=S)NCc1nccn1C. The summed E-state index contributed by atoms with van der Waals surface area (Å²) in [4.78, 5) is 4.17. The van der Waals surface area contributed by atoms with Crippen LogP contribution in [0.15, 0.2) is 12.4 Å². The summed E-state index contributed by atoms with van der Waals surface area (Å²) in [5.41, 5.74) is 0. The van der Waals surface area contributed by atoms with Crippen LogP contribution in [0.4, 0.5) is 0 Å². The summed E-state index contributed by atoms with van der Waals surface area (Å²) in [5, 5.41) is 6.71. The Bertz CT molecular complexity index is 313. The van der Waals surface area contributed by atoms with Crippen molar-refractivity contribution in [1.29, 1.82) is 0 Å². The second kappa shape index (κ2) is 6.36. The van der Waals surface area contributed by atoms with Gasteiger partial charge in [0.1, 0.15) is 5.82 Å². The van der Waals surface area contributed by atoms with Crippen LogP contribution in [0.1, 0.15) is 5.82 Å². The fraction of sp³-hybridized carbons (Fsp3) is 0.556. The fourth-order valence-corrected chi connectivity index (χ4v) is 1.23. The van der Waals surface area contributed by atoms with E-state index in [4.69, 9.17) is 17.0 Å². The molecule has 0 radical (unpaired) electrons. The molecule has 84 valence electrons. The molecule has 2 N–H and O–H groups in total. The minimum Gasteiger partial charge on any atom is -0.383 e. The highest BCUT2D eigenvalue weighted by Crippen LogP contribution is 1.92. The van der Waals surface area contributed by atoms with Crippen molar-refractivity contribution in [3.05, 3.63) is 18.2 Å². The summed E-state index contributed by atoms with van der Waals surface area (Å²) < 4.78 is 6.84. The van der Waals surface area contributed by atoms with Gasteiger partial charge in [-0.2, -0.15) is 0 Å². The number of nitrogens with one attached hydrogen (secondary N) is 2. The van der Waals surface area contributed by atoms with Crippen LogP contribution in [0.3, 0.4) is 0 Å². The van der Waals surface area contributed by atoms with Gasteiger partial charge in [0.05, 0.1) is 13.2 Å². The topological polar surface area (TPSA) is 51.1 Å². The monoisotopic (exact) mass is 228 g/mol. The molecule has 0 fully saturated rings. The van der Waals surface area contributed by atoms with Crippen LogP contribution in [0.5, 0.6) is 0 Å². The molecule has 1 aromatic rings. The van der Waals surface area contributed by atoms with Crippen molar-refractivity contribution < 1.29 is 4.74 Å². The minimum atomic E-state index is 0.620. The van der Waals surface area contributed by atoms with Crippen molar-refractivity contribution in [2.75, 3.05) is 20.3 Å². The Labute approximate surface area is 94.8 Å². The second-order valence-electron chi connectivity index (χ2n) is 3.06. The zero-order valence-corrected chi connectivity index (χ0v) is 9.80. The molecule has 0 aliphatic carbocycles. The van der Waals surface area contributed by atoms with Gasteiger partial charge in [-0.25, -0.2) is 4.98 Å². The highest BCUT2D eigenvalue weighted by Gasteiger charge is 1.99. The van der Waals surface area contributed by atoms with Crippen molar-refractivity contribution >= 4 is 17.3 Å². The normalized spacial score (nSPS) is 10.0. The van der Waals surface area contributed by atoms with Crippen LogP contribution in [-0.2, 0) is 18.3 Å². The highest BCUT2D eigenvalue weighted by atomic mass is 32.1. The van der Waals surface area contributed by atoms with Crippen molar-refractivity contribution in [2.45, 2.75) is 6.54 Å². The van der Waals surface area contributed by atoms with E-state index in [2.05, 4.69) is 15.6 Å². The van der Waals surface area contributed by atoms with Gasteiger partial charge in [-0.3, -0.25) is 0 Å². The van der Waals surface area contributed by atoms with Crippen molar-refractivity contribution in [3.63, 3.8) is 0 Å². The molecule has 0 aliphatic rings. The number of hydrogen-bond donors (Lipinski definition) is 2. The molecular weight excluding hydrogens is 212 g/mol. The minimum absolute atomic E-state index is 0.620. The molecule has 1 rings (SSSR count). The van der Waals surface area contributed by atoms with Gasteiger partial charge in [-0.15, -0.1) is 0 Å². The third-order valence-corrected chi connectivity index (χ3v) is 2.21. The molecule has 5 nitrogen and oxygen atoms in total. The summed E-state index contributed by atoms with van der Waals surface area (Å²) in [6, 6.07) is 0. The van der Waals surface area contributed by atoms with Crippen LogP contribution in [-0.4, -0.2) is 34.9 Å². The smallest absolute Gasteiger partial charge is 0.166 e. The zero-order chi connectivity index (χ0) is 11.1. The van der Waals surface area contributed by atoms with E-state index in [1.807, 2.05) is 17.8 Å². The predicted molar refractivity (Wildman–Crippen MR) is 62.5 cm³/mol. The quantitative estimate of drug-likeness (QED) is 0.550. The fourth-order valence-electron chi connectivity index (χ4n) is 1.06. The van der Waals surface area contributed by atoms with E-state index < -0.39 is 0 Å². The third kappa shape index (κ3) is 4.26. The number of imidazole rings is 1. The Morgan fingerprint density at radius 1 is 1.60 bits per heavy atom. The molecule has 0 saturated heterocycles. The summed E-state index contributed by atoms with van der Waals surface area (Å²) >= 11 is 5.07. The molecule has 0 unspecified atom stereocenters. The van der Waals surface area contributed by atoms with E-state index in [1.165, 1.54) is 0 Å². The largest absolute Gasteiger partial charge is 0.383 e. The summed E-state index contributed by atoms with van der Waals surface area (Å²) in [6.45, 7) is 1.98. The summed E-state index contributed by atoms with van der Waals surface area (Å²) in [5.74, 6) is 0.950. The highest BCUT2D eigenvalue weighted by molar-refractivity contribution is 7.80. The summed E-state index contributed by atoms with van der Waals surface area (Å²) in [7, 11) is 3.61. The van der Waals surface area contributed by atoms with Crippen LogP contribution < -0.4 is 10.6 Å². The maximum atomic E-state index is 5.07. The van der Waals surface area contributed by atoms with Crippen molar-refractivity contribution in [2.24, 2.45) is 7.05 Å². The first-order chi connectivity index (χ1) is 7.24. The maximum absolute atomic E-state index is 5.07. The van der Waals surface area contributed by atoms with Crippen LogP contribution >= 0.6 is 12.2 Å². The Morgan fingerprint density at radius 3 is 3.00 bits per heavy atom. The molecule has 15 heavy (non-hydrogen) atoms. The molecule has 0 aliphatic heterocycles. The lowest BCUT2D eigenvalue weighted by molar-refractivity contribution is 0.204. The Morgan fingerprint density at radius 2 is 2.40 bits per heavy atom. The third-order valence-electron chi connectivity index (χ3n) is 1.92. The van der Waals surface area contributed by atoms with Gasteiger partial charge in [0.15, 0.2) is 5.11 Å². The standard InChI is InChI=1S/C9H16N4OS/c1-13-5-3-10-8(13)7-12-9(15)11-4-6-14-2/h3,5H,4,6-7H2,1-2H3,(H2,11,12,15). The number of hydrogen-bond acceptors (Lipinski definition) is 3. The van der Waals surface area contributed by atoms with E-state index >= 15 is 0 Å². The van der Waals surface area contributed by atoms with E-state index in [-0.39, 0.29) is 0 Å². The number of methoxy groups -OCH3 is 1. The number of rotatable bonds is 5. The zero-order valence-electron chi connectivity index (χ0n) is 8.99. The molecule has 0 aromatic carbocycles. The van der Waals surface area contributed by atoms with Gasteiger partial charge >= 0.3 is 0 Å².